The van der Waals surface area contributed by atoms with Crippen molar-refractivity contribution in [3.8, 4) is 0 Å². The molecular weight excluding hydrogens is 500 g/mol. The number of nitrogens with one attached hydrogen (secondary N) is 1. The van der Waals surface area contributed by atoms with Gasteiger partial charge < -0.3 is 4.90 Å². The molecule has 0 unspecified atom stereocenters. The maximum Gasteiger partial charge on any atom is 0.267 e. The average molecular weight is 526 g/mol. The van der Waals surface area contributed by atoms with Crippen molar-refractivity contribution in [3.63, 3.8) is 0 Å². The van der Waals surface area contributed by atoms with Crippen LogP contribution < -0.4 is 9.62 Å². The molecule has 0 bridgehead atoms. The van der Waals surface area contributed by atoms with Gasteiger partial charge >= 0.3 is 0 Å². The quantitative estimate of drug-likeness (QED) is 0.573. The maximum atomic E-state index is 15.0. The minimum Gasteiger partial charge on any atom is -0.369 e. The first kappa shape index (κ1) is 23.9. The number of halogens is 3. The third kappa shape index (κ3) is 5.20. The van der Waals surface area contributed by atoms with E-state index < -0.39 is 27.0 Å². The van der Waals surface area contributed by atoms with Gasteiger partial charge in [-0.05, 0) is 73.1 Å². The lowest BCUT2D eigenvalue weighted by Crippen LogP contribution is -2.46. The second-order valence-electron chi connectivity index (χ2n) is 9.34. The van der Waals surface area contributed by atoms with Gasteiger partial charge in [-0.3, -0.25) is 9.69 Å². The molecule has 2 aromatic carbocycles. The molecule has 10 heteroatoms. The van der Waals surface area contributed by atoms with Gasteiger partial charge in [-0.2, -0.15) is 0 Å². The summed E-state index contributed by atoms with van der Waals surface area (Å²) in [4.78, 5) is 17.1. The molecule has 0 spiro atoms. The van der Waals surface area contributed by atoms with Crippen LogP contribution in [0.15, 0.2) is 30.3 Å². The Morgan fingerprint density at radius 3 is 2.32 bits per heavy atom. The van der Waals surface area contributed by atoms with Crippen LogP contribution in [0.25, 0.3) is 0 Å². The summed E-state index contributed by atoms with van der Waals surface area (Å²) in [6, 6.07) is 8.60. The van der Waals surface area contributed by atoms with Crippen molar-refractivity contribution in [2.24, 2.45) is 0 Å². The summed E-state index contributed by atoms with van der Waals surface area (Å²) in [5.74, 6) is -1.27. The Bertz CT molecular complexity index is 1220. The van der Waals surface area contributed by atoms with Crippen LogP contribution in [-0.2, 0) is 16.6 Å². The Balaban J connectivity index is 1.28. The van der Waals surface area contributed by atoms with Gasteiger partial charge in [0.2, 0.25) is 10.0 Å². The highest BCUT2D eigenvalue weighted by molar-refractivity contribution is 7.91. The molecule has 2 aromatic rings. The van der Waals surface area contributed by atoms with Gasteiger partial charge in [0.25, 0.3) is 5.91 Å². The van der Waals surface area contributed by atoms with E-state index in [1.165, 1.54) is 6.07 Å². The summed E-state index contributed by atoms with van der Waals surface area (Å²) in [5.41, 5.74) is 2.64. The van der Waals surface area contributed by atoms with Gasteiger partial charge in [0.15, 0.2) is 0 Å². The van der Waals surface area contributed by atoms with E-state index >= 15 is 0 Å². The minimum absolute atomic E-state index is 0.195. The molecule has 1 aliphatic heterocycles. The molecule has 2 aliphatic carbocycles. The van der Waals surface area contributed by atoms with Crippen molar-refractivity contribution >= 4 is 44.8 Å². The molecule has 1 heterocycles. The van der Waals surface area contributed by atoms with Crippen molar-refractivity contribution in [2.45, 2.75) is 43.4 Å². The number of hydrogen-bond donors (Lipinski definition) is 1. The first-order chi connectivity index (χ1) is 16.2. The maximum absolute atomic E-state index is 15.0. The lowest BCUT2D eigenvalue weighted by Gasteiger charge is -2.36. The van der Waals surface area contributed by atoms with Crippen molar-refractivity contribution in [1.82, 2.24) is 9.62 Å². The van der Waals surface area contributed by atoms with Crippen molar-refractivity contribution in [2.75, 3.05) is 31.1 Å². The molecule has 182 valence electrons. The summed E-state index contributed by atoms with van der Waals surface area (Å²) in [5, 5.41) is 0.519. The predicted molar refractivity (Wildman–Crippen MR) is 132 cm³/mol. The van der Waals surface area contributed by atoms with Gasteiger partial charge in [-0.1, -0.05) is 23.2 Å². The fourth-order valence-electron chi connectivity index (χ4n) is 4.45. The van der Waals surface area contributed by atoms with Crippen molar-refractivity contribution in [1.29, 1.82) is 0 Å². The number of hydrogen-bond acceptors (Lipinski definition) is 5. The number of rotatable bonds is 7. The fourth-order valence-corrected chi connectivity index (χ4v) is 6.03. The molecule has 2 saturated carbocycles. The Morgan fingerprint density at radius 1 is 1.00 bits per heavy atom. The summed E-state index contributed by atoms with van der Waals surface area (Å²) >= 11 is 12.2. The summed E-state index contributed by atoms with van der Waals surface area (Å²) in [6.07, 6.45) is 3.06. The number of anilines is 1. The number of carbonyl (C=O) groups is 1. The smallest absolute Gasteiger partial charge is 0.267 e. The Kier molecular flexibility index (Phi) is 6.52. The Morgan fingerprint density at radius 2 is 1.71 bits per heavy atom. The number of sulfonamides is 1. The fraction of sp³-hybridized carbons (Fsp3) is 0.458. The number of nitrogens with zero attached hydrogens (tertiary/aromatic N) is 2. The van der Waals surface area contributed by atoms with Crippen LogP contribution in [0.4, 0.5) is 10.1 Å². The number of carbonyl (C=O) groups excluding carboxylic acids is 1. The Labute approximate surface area is 209 Å². The van der Waals surface area contributed by atoms with E-state index in [0.717, 1.165) is 55.8 Å². The lowest BCUT2D eigenvalue weighted by atomic mass is 9.98. The van der Waals surface area contributed by atoms with Crippen LogP contribution >= 0.6 is 23.2 Å². The molecule has 0 aromatic heterocycles. The Hall–Kier alpha value is -1.87. The van der Waals surface area contributed by atoms with Gasteiger partial charge in [0, 0.05) is 38.4 Å². The molecule has 0 radical (unpaired) electrons. The molecule has 6 nitrogen and oxygen atoms in total. The molecular formula is C24H26Cl2FN3O3S. The molecule has 0 atom stereocenters. The highest BCUT2D eigenvalue weighted by atomic mass is 35.5. The molecule has 3 aliphatic rings. The van der Waals surface area contributed by atoms with E-state index in [9.17, 15) is 17.6 Å². The van der Waals surface area contributed by atoms with Gasteiger partial charge in [-0.15, -0.1) is 0 Å². The standard InChI is InChI=1S/C24H26Cl2FN3O3S/c25-21-6-3-17(12-22(21)26)30-9-7-29(8-10-30)14-16-11-23(27)20(13-19(16)15-1-2-15)24(31)28-34(32,33)18-4-5-18/h3,6,11-13,15,18H,1-2,4-5,7-10,14H2,(H,28,31). The molecule has 3 fully saturated rings. The van der Waals surface area contributed by atoms with Crippen LogP contribution in [0, 0.1) is 5.82 Å². The average Bonchev–Trinajstić information content (AvgIpc) is 3.69. The van der Waals surface area contributed by atoms with Gasteiger partial charge in [0.1, 0.15) is 5.82 Å². The van der Waals surface area contributed by atoms with Crippen molar-refractivity contribution in [3.05, 3.63) is 62.9 Å². The van der Waals surface area contributed by atoms with E-state index in [4.69, 9.17) is 23.2 Å². The molecule has 34 heavy (non-hydrogen) atoms. The molecule has 1 N–H and O–H groups in total. The van der Waals surface area contributed by atoms with E-state index in [2.05, 4.69) is 14.5 Å². The van der Waals surface area contributed by atoms with E-state index in [1.807, 2.05) is 12.1 Å². The number of amides is 1. The van der Waals surface area contributed by atoms with Crippen LogP contribution in [0.2, 0.25) is 10.0 Å². The molecule has 1 saturated heterocycles. The van der Waals surface area contributed by atoms with E-state index in [0.29, 0.717) is 35.3 Å². The topological polar surface area (TPSA) is 69.7 Å². The number of piperazine rings is 1. The summed E-state index contributed by atoms with van der Waals surface area (Å²) in [6.45, 7) is 3.79. The molecule has 1 amide bonds. The van der Waals surface area contributed by atoms with Crippen molar-refractivity contribution < 1.29 is 17.6 Å². The summed E-state index contributed by atoms with van der Waals surface area (Å²) < 4.78 is 41.3. The summed E-state index contributed by atoms with van der Waals surface area (Å²) in [7, 11) is -3.73. The van der Waals surface area contributed by atoms with Crippen LogP contribution in [0.1, 0.15) is 53.1 Å². The second-order valence-corrected chi connectivity index (χ2v) is 12.1. The van der Waals surface area contributed by atoms with Gasteiger partial charge in [-0.25, -0.2) is 17.5 Å². The normalized spacial score (nSPS) is 19.3. The highest BCUT2D eigenvalue weighted by Gasteiger charge is 2.38. The zero-order chi connectivity index (χ0) is 24.0. The third-order valence-corrected chi connectivity index (χ3v) is 9.28. The first-order valence-electron chi connectivity index (χ1n) is 11.5. The third-order valence-electron chi connectivity index (χ3n) is 6.72. The zero-order valence-electron chi connectivity index (χ0n) is 18.6. The monoisotopic (exact) mass is 525 g/mol. The highest BCUT2D eigenvalue weighted by Crippen LogP contribution is 2.43. The van der Waals surface area contributed by atoms with Crippen LogP contribution in [0.3, 0.4) is 0 Å². The van der Waals surface area contributed by atoms with E-state index in [-0.39, 0.29) is 5.56 Å². The van der Waals surface area contributed by atoms with E-state index in [1.54, 1.807) is 12.1 Å². The minimum atomic E-state index is -3.73. The molecule has 5 rings (SSSR count). The van der Waals surface area contributed by atoms with Crippen LogP contribution in [0.5, 0.6) is 0 Å². The van der Waals surface area contributed by atoms with Crippen LogP contribution in [-0.4, -0.2) is 50.7 Å². The number of benzene rings is 2. The predicted octanol–water partition coefficient (Wildman–Crippen LogP) is 4.55. The zero-order valence-corrected chi connectivity index (χ0v) is 20.9. The van der Waals surface area contributed by atoms with Gasteiger partial charge in [0.05, 0.1) is 20.9 Å². The lowest BCUT2D eigenvalue weighted by molar-refractivity contribution is 0.0977. The largest absolute Gasteiger partial charge is 0.369 e. The SMILES string of the molecule is O=C(NS(=O)(=O)C1CC1)c1cc(C2CC2)c(CN2CCN(c3ccc(Cl)c(Cl)c3)CC2)cc1F. The first-order valence-corrected chi connectivity index (χ1v) is 13.8. The second kappa shape index (κ2) is 9.30.